The SMILES string of the molecule is CCC1(C)C[C@H](C)N1. The summed E-state index contributed by atoms with van der Waals surface area (Å²) in [6, 6.07) is 0.764. The Morgan fingerprint density at radius 2 is 2.25 bits per heavy atom. The van der Waals surface area contributed by atoms with Crippen molar-refractivity contribution < 1.29 is 0 Å². The number of hydrogen-bond donors (Lipinski definition) is 1. The van der Waals surface area contributed by atoms with E-state index in [1.807, 2.05) is 0 Å². The minimum atomic E-state index is 0.486. The Kier molecular flexibility index (Phi) is 1.31. The first kappa shape index (κ1) is 6.09. The maximum atomic E-state index is 3.47. The molecule has 0 aromatic rings. The molecule has 1 fully saturated rings. The molecule has 0 saturated carbocycles. The van der Waals surface area contributed by atoms with Gasteiger partial charge < -0.3 is 5.32 Å². The third-order valence-electron chi connectivity index (χ3n) is 2.13. The van der Waals surface area contributed by atoms with Crippen LogP contribution in [0.25, 0.3) is 0 Å². The van der Waals surface area contributed by atoms with Gasteiger partial charge in [-0.15, -0.1) is 0 Å². The van der Waals surface area contributed by atoms with Crippen molar-refractivity contribution in [2.24, 2.45) is 0 Å². The van der Waals surface area contributed by atoms with E-state index in [1.54, 1.807) is 0 Å². The van der Waals surface area contributed by atoms with Gasteiger partial charge in [0.15, 0.2) is 0 Å². The lowest BCUT2D eigenvalue weighted by Crippen LogP contribution is -2.59. The largest absolute Gasteiger partial charge is 0.309 e. The van der Waals surface area contributed by atoms with Crippen LogP contribution in [0.1, 0.15) is 33.6 Å². The number of rotatable bonds is 1. The fraction of sp³-hybridized carbons (Fsp3) is 1.00. The average Bonchev–Trinajstić information content (AvgIpc) is 1.63. The van der Waals surface area contributed by atoms with Crippen LogP contribution in [0.4, 0.5) is 0 Å². The number of hydrogen-bond acceptors (Lipinski definition) is 1. The van der Waals surface area contributed by atoms with Crippen LogP contribution in [-0.2, 0) is 0 Å². The van der Waals surface area contributed by atoms with Crippen LogP contribution in [0.2, 0.25) is 0 Å². The average molecular weight is 113 g/mol. The van der Waals surface area contributed by atoms with E-state index in [4.69, 9.17) is 0 Å². The molecule has 0 amide bonds. The van der Waals surface area contributed by atoms with Gasteiger partial charge in [-0.25, -0.2) is 0 Å². The van der Waals surface area contributed by atoms with Gasteiger partial charge in [-0.05, 0) is 26.7 Å². The van der Waals surface area contributed by atoms with Gasteiger partial charge >= 0.3 is 0 Å². The van der Waals surface area contributed by atoms with Gasteiger partial charge in [-0.2, -0.15) is 0 Å². The Hall–Kier alpha value is -0.0400. The molecule has 8 heavy (non-hydrogen) atoms. The van der Waals surface area contributed by atoms with Crippen molar-refractivity contribution in [2.75, 3.05) is 0 Å². The molecular weight excluding hydrogens is 98.1 g/mol. The normalized spacial score (nSPS) is 46.1. The molecule has 1 N–H and O–H groups in total. The van der Waals surface area contributed by atoms with Crippen LogP contribution in [0, 0.1) is 0 Å². The van der Waals surface area contributed by atoms with Gasteiger partial charge in [0.05, 0.1) is 0 Å². The van der Waals surface area contributed by atoms with Crippen molar-refractivity contribution in [3.63, 3.8) is 0 Å². The smallest absolute Gasteiger partial charge is 0.0167 e. The highest BCUT2D eigenvalue weighted by molar-refractivity contribution is 4.96. The van der Waals surface area contributed by atoms with Crippen molar-refractivity contribution >= 4 is 0 Å². The molecule has 1 nitrogen and oxygen atoms in total. The first-order valence-electron chi connectivity index (χ1n) is 3.44. The van der Waals surface area contributed by atoms with Crippen LogP contribution in [0.3, 0.4) is 0 Å². The fourth-order valence-corrected chi connectivity index (χ4v) is 1.50. The standard InChI is InChI=1S/C7H15N/c1-4-7(3)5-6(2)8-7/h6,8H,4-5H2,1-3H3/t6-,7?/m0/s1. The second-order valence-electron chi connectivity index (χ2n) is 3.16. The molecule has 0 aromatic carbocycles. The van der Waals surface area contributed by atoms with E-state index in [1.165, 1.54) is 12.8 Å². The Balaban J connectivity index is 2.30. The molecule has 1 aliphatic heterocycles. The predicted octanol–water partition coefficient (Wildman–Crippen LogP) is 1.54. The summed E-state index contributed by atoms with van der Waals surface area (Å²) < 4.78 is 0. The van der Waals surface area contributed by atoms with E-state index in [9.17, 15) is 0 Å². The van der Waals surface area contributed by atoms with Crippen molar-refractivity contribution in [3.8, 4) is 0 Å². The highest BCUT2D eigenvalue weighted by atomic mass is 15.1. The van der Waals surface area contributed by atoms with E-state index in [0.29, 0.717) is 5.54 Å². The molecule has 1 saturated heterocycles. The molecule has 1 rings (SSSR count). The summed E-state index contributed by atoms with van der Waals surface area (Å²) in [5.74, 6) is 0. The van der Waals surface area contributed by atoms with Crippen LogP contribution in [0.5, 0.6) is 0 Å². The molecular formula is C7H15N. The van der Waals surface area contributed by atoms with E-state index < -0.39 is 0 Å². The molecule has 1 aliphatic rings. The highest BCUT2D eigenvalue weighted by Crippen LogP contribution is 2.26. The van der Waals surface area contributed by atoms with Crippen LogP contribution >= 0.6 is 0 Å². The molecule has 0 spiro atoms. The third kappa shape index (κ3) is 0.873. The molecule has 48 valence electrons. The molecule has 1 unspecified atom stereocenters. The second kappa shape index (κ2) is 1.73. The van der Waals surface area contributed by atoms with Crippen molar-refractivity contribution in [2.45, 2.75) is 45.2 Å². The molecule has 0 aromatic heterocycles. The zero-order valence-electron chi connectivity index (χ0n) is 5.99. The van der Waals surface area contributed by atoms with Crippen LogP contribution < -0.4 is 5.32 Å². The maximum absolute atomic E-state index is 3.47. The van der Waals surface area contributed by atoms with Crippen LogP contribution in [0.15, 0.2) is 0 Å². The Bertz CT molecular complexity index is 82.4. The van der Waals surface area contributed by atoms with E-state index >= 15 is 0 Å². The van der Waals surface area contributed by atoms with Gasteiger partial charge in [-0.3, -0.25) is 0 Å². The highest BCUT2D eigenvalue weighted by Gasteiger charge is 2.34. The fourth-order valence-electron chi connectivity index (χ4n) is 1.50. The quantitative estimate of drug-likeness (QED) is 0.544. The topological polar surface area (TPSA) is 12.0 Å². The van der Waals surface area contributed by atoms with Crippen LogP contribution in [-0.4, -0.2) is 11.6 Å². The molecule has 0 aliphatic carbocycles. The Morgan fingerprint density at radius 1 is 1.75 bits per heavy atom. The lowest BCUT2D eigenvalue weighted by atomic mass is 9.82. The van der Waals surface area contributed by atoms with Gasteiger partial charge in [-0.1, -0.05) is 6.92 Å². The minimum absolute atomic E-state index is 0.486. The third-order valence-corrected chi connectivity index (χ3v) is 2.13. The zero-order chi connectivity index (χ0) is 6.20. The summed E-state index contributed by atoms with van der Waals surface area (Å²) in [5, 5.41) is 3.47. The summed E-state index contributed by atoms with van der Waals surface area (Å²) in [6.07, 6.45) is 2.61. The summed E-state index contributed by atoms with van der Waals surface area (Å²) in [4.78, 5) is 0. The summed E-state index contributed by atoms with van der Waals surface area (Å²) in [6.45, 7) is 6.75. The molecule has 0 bridgehead atoms. The predicted molar refractivity (Wildman–Crippen MR) is 35.9 cm³/mol. The van der Waals surface area contributed by atoms with Gasteiger partial charge in [0.1, 0.15) is 0 Å². The minimum Gasteiger partial charge on any atom is -0.309 e. The van der Waals surface area contributed by atoms with Crippen molar-refractivity contribution in [3.05, 3.63) is 0 Å². The first-order valence-corrected chi connectivity index (χ1v) is 3.44. The molecule has 0 radical (unpaired) electrons. The Morgan fingerprint density at radius 3 is 2.38 bits per heavy atom. The number of nitrogens with one attached hydrogen (secondary N) is 1. The van der Waals surface area contributed by atoms with Gasteiger partial charge in [0.25, 0.3) is 0 Å². The summed E-state index contributed by atoms with van der Waals surface area (Å²) >= 11 is 0. The Labute approximate surface area is 51.5 Å². The lowest BCUT2D eigenvalue weighted by molar-refractivity contribution is 0.162. The van der Waals surface area contributed by atoms with Gasteiger partial charge in [0.2, 0.25) is 0 Å². The van der Waals surface area contributed by atoms with Crippen molar-refractivity contribution in [1.82, 2.24) is 5.32 Å². The zero-order valence-corrected chi connectivity index (χ0v) is 5.99. The molecule has 1 heterocycles. The summed E-state index contributed by atoms with van der Waals surface area (Å²) in [5.41, 5.74) is 0.486. The first-order chi connectivity index (χ1) is 3.66. The second-order valence-corrected chi connectivity index (χ2v) is 3.16. The van der Waals surface area contributed by atoms with E-state index in [-0.39, 0.29) is 0 Å². The van der Waals surface area contributed by atoms with Gasteiger partial charge in [0, 0.05) is 11.6 Å². The molecule has 2 atom stereocenters. The van der Waals surface area contributed by atoms with E-state index in [0.717, 1.165) is 6.04 Å². The maximum Gasteiger partial charge on any atom is 0.0167 e. The van der Waals surface area contributed by atoms with Crippen molar-refractivity contribution in [1.29, 1.82) is 0 Å². The summed E-state index contributed by atoms with van der Waals surface area (Å²) in [7, 11) is 0. The lowest BCUT2D eigenvalue weighted by Gasteiger charge is -2.45. The van der Waals surface area contributed by atoms with E-state index in [2.05, 4.69) is 26.1 Å². The monoisotopic (exact) mass is 113 g/mol. The molecule has 1 heteroatoms.